The third-order valence-corrected chi connectivity index (χ3v) is 3.49. The van der Waals surface area contributed by atoms with Crippen molar-refractivity contribution in [3.63, 3.8) is 0 Å². The monoisotopic (exact) mass is 285 g/mol. The average molecular weight is 285 g/mol. The average Bonchev–Trinajstić information content (AvgIpc) is 2.44. The Labute approximate surface area is 125 Å². The van der Waals surface area contributed by atoms with E-state index in [4.69, 9.17) is 0 Å². The van der Waals surface area contributed by atoms with Crippen LogP contribution in [0.3, 0.4) is 0 Å². The normalized spacial score (nSPS) is 10.3. The summed E-state index contributed by atoms with van der Waals surface area (Å²) in [6, 6.07) is 13.6. The highest BCUT2D eigenvalue weighted by molar-refractivity contribution is 7.80. The molecule has 0 aliphatic heterocycles. The van der Waals surface area contributed by atoms with Crippen molar-refractivity contribution in [1.82, 2.24) is 0 Å². The Hall–Kier alpha value is -1.74. The Balaban J connectivity index is 2.13. The molecule has 0 saturated carbocycles. The number of benzene rings is 2. The van der Waals surface area contributed by atoms with Crippen molar-refractivity contribution in [2.45, 2.75) is 31.6 Å². The molecule has 0 unspecified atom stereocenters. The van der Waals surface area contributed by atoms with Crippen molar-refractivity contribution < 1.29 is 4.79 Å². The molecule has 20 heavy (non-hydrogen) atoms. The predicted molar refractivity (Wildman–Crippen MR) is 86.8 cm³/mol. The molecule has 0 aliphatic carbocycles. The van der Waals surface area contributed by atoms with Gasteiger partial charge in [-0.15, -0.1) is 12.6 Å². The molecule has 2 aromatic rings. The molecule has 2 aromatic carbocycles. The van der Waals surface area contributed by atoms with Gasteiger partial charge in [-0.05, 0) is 48.7 Å². The fourth-order valence-electron chi connectivity index (χ4n) is 2.10. The minimum atomic E-state index is -0.0957. The molecule has 1 N–H and O–H groups in total. The minimum absolute atomic E-state index is 0.0957. The van der Waals surface area contributed by atoms with Crippen LogP contribution in [0.4, 0.5) is 5.69 Å². The van der Waals surface area contributed by atoms with Gasteiger partial charge in [-0.1, -0.05) is 31.5 Å². The zero-order chi connectivity index (χ0) is 14.5. The van der Waals surface area contributed by atoms with Crippen LogP contribution in [0.5, 0.6) is 0 Å². The van der Waals surface area contributed by atoms with E-state index in [0.29, 0.717) is 5.56 Å². The molecule has 104 valence electrons. The lowest BCUT2D eigenvalue weighted by Crippen LogP contribution is -2.13. The summed E-state index contributed by atoms with van der Waals surface area (Å²) in [5.41, 5.74) is 3.72. The highest BCUT2D eigenvalue weighted by Gasteiger charge is 2.09. The van der Waals surface area contributed by atoms with Gasteiger partial charge < -0.3 is 5.32 Å². The number of nitrogens with one attached hydrogen (secondary N) is 1. The second kappa shape index (κ2) is 6.62. The van der Waals surface area contributed by atoms with Gasteiger partial charge in [0.15, 0.2) is 0 Å². The lowest BCUT2D eigenvalue weighted by Gasteiger charge is -2.09. The molecular formula is C17H19NOS. The van der Waals surface area contributed by atoms with E-state index in [1.165, 1.54) is 5.56 Å². The second-order valence-electron chi connectivity index (χ2n) is 4.90. The summed E-state index contributed by atoms with van der Waals surface area (Å²) in [6.45, 7) is 4.08. The van der Waals surface area contributed by atoms with Crippen molar-refractivity contribution in [2.75, 3.05) is 5.32 Å². The topological polar surface area (TPSA) is 29.1 Å². The molecule has 0 atom stereocenters. The van der Waals surface area contributed by atoms with Crippen molar-refractivity contribution in [2.24, 2.45) is 0 Å². The van der Waals surface area contributed by atoms with Crippen LogP contribution < -0.4 is 5.32 Å². The molecular weight excluding hydrogens is 266 g/mol. The molecule has 2 rings (SSSR count). The van der Waals surface area contributed by atoms with Crippen LogP contribution in [0.2, 0.25) is 0 Å². The summed E-state index contributed by atoms with van der Waals surface area (Å²) < 4.78 is 0. The molecule has 0 aromatic heterocycles. The van der Waals surface area contributed by atoms with Gasteiger partial charge in [-0.3, -0.25) is 4.79 Å². The summed E-state index contributed by atoms with van der Waals surface area (Å²) in [5, 5.41) is 2.92. The Morgan fingerprint density at radius 1 is 1.15 bits per heavy atom. The molecule has 1 amide bonds. The first kappa shape index (κ1) is 14.7. The second-order valence-corrected chi connectivity index (χ2v) is 5.42. The van der Waals surface area contributed by atoms with Gasteiger partial charge in [0.05, 0.1) is 0 Å². The molecule has 3 heteroatoms. The van der Waals surface area contributed by atoms with E-state index < -0.39 is 0 Å². The fourth-order valence-corrected chi connectivity index (χ4v) is 2.30. The fraction of sp³-hybridized carbons (Fsp3) is 0.235. The summed E-state index contributed by atoms with van der Waals surface area (Å²) in [5.74, 6) is -0.0957. The van der Waals surface area contributed by atoms with Gasteiger partial charge in [-0.2, -0.15) is 0 Å². The number of anilines is 1. The SMILES string of the molecule is CCCc1ccc(NC(=O)c2cc(S)ccc2C)cc1. The summed E-state index contributed by atoms with van der Waals surface area (Å²) >= 11 is 4.28. The van der Waals surface area contributed by atoms with Crippen LogP contribution in [-0.2, 0) is 6.42 Å². The zero-order valence-electron chi connectivity index (χ0n) is 11.8. The number of aryl methyl sites for hydroxylation is 2. The van der Waals surface area contributed by atoms with E-state index in [2.05, 4.69) is 37.0 Å². The van der Waals surface area contributed by atoms with Crippen LogP contribution in [-0.4, -0.2) is 5.91 Å². The van der Waals surface area contributed by atoms with E-state index >= 15 is 0 Å². The number of rotatable bonds is 4. The van der Waals surface area contributed by atoms with Crippen molar-refractivity contribution >= 4 is 24.2 Å². The number of carbonyl (C=O) groups excluding carboxylic acids is 1. The Kier molecular flexibility index (Phi) is 4.85. The third kappa shape index (κ3) is 3.64. The van der Waals surface area contributed by atoms with Gasteiger partial charge >= 0.3 is 0 Å². The molecule has 0 heterocycles. The van der Waals surface area contributed by atoms with Crippen LogP contribution in [0, 0.1) is 6.92 Å². The van der Waals surface area contributed by atoms with Crippen LogP contribution in [0.15, 0.2) is 47.4 Å². The van der Waals surface area contributed by atoms with E-state index in [0.717, 1.165) is 29.0 Å². The first-order chi connectivity index (χ1) is 9.60. The van der Waals surface area contributed by atoms with Gasteiger partial charge in [0.1, 0.15) is 0 Å². The van der Waals surface area contributed by atoms with Gasteiger partial charge in [0, 0.05) is 16.1 Å². The Bertz CT molecular complexity index is 605. The molecule has 0 bridgehead atoms. The van der Waals surface area contributed by atoms with E-state index in [1.54, 1.807) is 6.07 Å². The summed E-state index contributed by atoms with van der Waals surface area (Å²) in [7, 11) is 0. The zero-order valence-corrected chi connectivity index (χ0v) is 12.7. The van der Waals surface area contributed by atoms with E-state index in [1.807, 2.05) is 31.2 Å². The Morgan fingerprint density at radius 3 is 2.50 bits per heavy atom. The number of hydrogen-bond acceptors (Lipinski definition) is 2. The van der Waals surface area contributed by atoms with Crippen molar-refractivity contribution in [3.8, 4) is 0 Å². The highest BCUT2D eigenvalue weighted by Crippen LogP contribution is 2.17. The lowest BCUT2D eigenvalue weighted by molar-refractivity contribution is 0.102. The maximum atomic E-state index is 12.3. The first-order valence-electron chi connectivity index (χ1n) is 6.80. The third-order valence-electron chi connectivity index (χ3n) is 3.22. The van der Waals surface area contributed by atoms with Crippen LogP contribution in [0.25, 0.3) is 0 Å². The summed E-state index contributed by atoms with van der Waals surface area (Å²) in [4.78, 5) is 13.0. The number of carbonyl (C=O) groups is 1. The maximum Gasteiger partial charge on any atom is 0.255 e. The van der Waals surface area contributed by atoms with Crippen molar-refractivity contribution in [1.29, 1.82) is 0 Å². The molecule has 0 saturated heterocycles. The highest BCUT2D eigenvalue weighted by atomic mass is 32.1. The quantitative estimate of drug-likeness (QED) is 0.796. The molecule has 0 fully saturated rings. The lowest BCUT2D eigenvalue weighted by atomic mass is 10.1. The predicted octanol–water partition coefficient (Wildman–Crippen LogP) is 4.49. The van der Waals surface area contributed by atoms with Crippen molar-refractivity contribution in [3.05, 3.63) is 59.2 Å². The van der Waals surface area contributed by atoms with Gasteiger partial charge in [0.25, 0.3) is 5.91 Å². The van der Waals surface area contributed by atoms with Gasteiger partial charge in [0.2, 0.25) is 0 Å². The maximum absolute atomic E-state index is 12.3. The molecule has 2 nitrogen and oxygen atoms in total. The minimum Gasteiger partial charge on any atom is -0.322 e. The summed E-state index contributed by atoms with van der Waals surface area (Å²) in [6.07, 6.45) is 2.19. The van der Waals surface area contributed by atoms with E-state index in [-0.39, 0.29) is 5.91 Å². The number of amides is 1. The molecule has 0 aliphatic rings. The van der Waals surface area contributed by atoms with Crippen LogP contribution in [0.1, 0.15) is 34.8 Å². The Morgan fingerprint density at radius 2 is 1.85 bits per heavy atom. The van der Waals surface area contributed by atoms with Crippen LogP contribution >= 0.6 is 12.6 Å². The number of thiol groups is 1. The van der Waals surface area contributed by atoms with E-state index in [9.17, 15) is 4.79 Å². The smallest absolute Gasteiger partial charge is 0.255 e. The standard InChI is InChI=1S/C17H19NOS/c1-3-4-13-6-8-14(9-7-13)18-17(19)16-11-15(20)10-5-12(16)2/h5-11,20H,3-4H2,1-2H3,(H,18,19). The van der Waals surface area contributed by atoms with Gasteiger partial charge in [-0.25, -0.2) is 0 Å². The molecule has 0 radical (unpaired) electrons. The molecule has 0 spiro atoms. The largest absolute Gasteiger partial charge is 0.322 e. The number of hydrogen-bond donors (Lipinski definition) is 2. The first-order valence-corrected chi connectivity index (χ1v) is 7.25.